The number of carbonyl (C=O) groups excluding carboxylic acids is 1. The molecule has 3 saturated carbocycles. The van der Waals surface area contributed by atoms with Crippen molar-refractivity contribution in [2.24, 2.45) is 45.2 Å². The molecule has 35 heavy (non-hydrogen) atoms. The Kier molecular flexibility index (Phi) is 6.53. The summed E-state index contributed by atoms with van der Waals surface area (Å²) in [6.45, 7) is 3.69. The summed E-state index contributed by atoms with van der Waals surface area (Å²) >= 11 is 0. The third-order valence-electron chi connectivity index (χ3n) is 11.3. The van der Waals surface area contributed by atoms with Gasteiger partial charge in [0.05, 0.1) is 5.54 Å². The number of rotatable bonds is 4. The predicted octanol–water partition coefficient (Wildman–Crippen LogP) is 5.09. The van der Waals surface area contributed by atoms with Gasteiger partial charge in [0.25, 0.3) is 0 Å². The summed E-state index contributed by atoms with van der Waals surface area (Å²) < 4.78 is 0. The Bertz CT molecular complexity index is 937. The highest BCUT2D eigenvalue weighted by atomic mass is 33.1. The van der Waals surface area contributed by atoms with Gasteiger partial charge in [-0.25, -0.2) is 0 Å². The molecule has 0 aromatic rings. The Balaban J connectivity index is 1.38. The molecule has 4 N–H and O–H groups in total. The van der Waals surface area contributed by atoms with Crippen LogP contribution in [0, 0.1) is 34.5 Å². The highest BCUT2D eigenvalue weighted by Gasteiger charge is 2.73. The number of nitrogens with one attached hydrogen (secondary N) is 1. The summed E-state index contributed by atoms with van der Waals surface area (Å²) in [6.07, 6.45) is 13.3. The predicted molar refractivity (Wildman–Crippen MR) is 146 cm³/mol. The van der Waals surface area contributed by atoms with Gasteiger partial charge in [0.1, 0.15) is 0 Å². The van der Waals surface area contributed by atoms with Crippen molar-refractivity contribution in [1.29, 1.82) is 0 Å². The number of ketones is 1. The molecule has 194 valence electrons. The fraction of sp³-hybridized carbons (Fsp3) is 0.857. The Hall–Kier alpha value is -0.660. The number of fused-ring (bicyclic) bond motifs is 1. The van der Waals surface area contributed by atoms with E-state index >= 15 is 0 Å². The molecule has 3 fully saturated rings. The fourth-order valence-corrected chi connectivity index (χ4v) is 12.7. The summed E-state index contributed by atoms with van der Waals surface area (Å²) in [7, 11) is 4.07. The van der Waals surface area contributed by atoms with Crippen molar-refractivity contribution >= 4 is 33.3 Å². The molecule has 2 aliphatic heterocycles. The van der Waals surface area contributed by atoms with E-state index in [2.05, 4.69) is 17.2 Å². The number of carbonyl (C=O) groups is 1. The molecule has 7 atom stereocenters. The lowest BCUT2D eigenvalue weighted by atomic mass is 9.46. The van der Waals surface area contributed by atoms with Crippen LogP contribution in [-0.2, 0) is 4.79 Å². The minimum atomic E-state index is 0.00617. The molecule has 0 saturated heterocycles. The third kappa shape index (κ3) is 3.68. The van der Waals surface area contributed by atoms with Crippen molar-refractivity contribution in [3.05, 3.63) is 11.1 Å². The first kappa shape index (κ1) is 24.7. The second-order valence-electron chi connectivity index (χ2n) is 12.6. The molecule has 7 heteroatoms. The molecule has 2 heterocycles. The van der Waals surface area contributed by atoms with E-state index in [1.165, 1.54) is 37.7 Å². The lowest BCUT2D eigenvalue weighted by Gasteiger charge is -2.58. The number of unbranched alkanes of at least 4 members (excludes halogenated alkanes) is 1. The summed E-state index contributed by atoms with van der Waals surface area (Å²) in [4.78, 5) is 18.3. The lowest BCUT2D eigenvalue weighted by molar-refractivity contribution is -0.126. The van der Waals surface area contributed by atoms with Crippen LogP contribution < -0.4 is 11.1 Å². The monoisotopic (exact) mass is 517 g/mol. The topological polar surface area (TPSA) is 87.7 Å². The van der Waals surface area contributed by atoms with Crippen LogP contribution in [0.1, 0.15) is 84.0 Å². The Morgan fingerprint density at radius 3 is 2.91 bits per heavy atom. The number of Topliss-reactive ketones (excluding diaryl/α,β-unsaturated/α-hetero) is 1. The highest BCUT2D eigenvalue weighted by Crippen LogP contribution is 2.80. The molecule has 0 unspecified atom stereocenters. The second-order valence-corrected chi connectivity index (χ2v) is 15.2. The number of aliphatic hydroxyl groups is 1. The zero-order valence-corrected chi connectivity index (χ0v) is 23.0. The van der Waals surface area contributed by atoms with E-state index in [0.717, 1.165) is 74.8 Å². The maximum Gasteiger partial charge on any atom is 0.189 e. The van der Waals surface area contributed by atoms with Crippen LogP contribution in [0.5, 0.6) is 0 Å². The standard InChI is InChI=1S/C28H43N3O2S2/c1-26-11-14-34-35-17-27(10-12-30-25(29)31-27)9-4-5-20-23(33)16-28(26)21(6-2-3-13-32)18-7-8-19(24(20)28)22(26)15-18/h18-19,21-22,32H,2-17H2,1H3,(H3,29,30,31)/t18-,19-,21+,22+,26-,27-,28-/m0/s1. The van der Waals surface area contributed by atoms with Crippen LogP contribution >= 0.6 is 21.6 Å². The van der Waals surface area contributed by atoms with Crippen LogP contribution in [0.3, 0.4) is 0 Å². The smallest absolute Gasteiger partial charge is 0.189 e. The van der Waals surface area contributed by atoms with Crippen LogP contribution in [0.15, 0.2) is 16.1 Å². The van der Waals surface area contributed by atoms with Gasteiger partial charge >= 0.3 is 0 Å². The minimum Gasteiger partial charge on any atom is -0.396 e. The molecule has 6 rings (SSSR count). The van der Waals surface area contributed by atoms with Crippen molar-refractivity contribution in [3.8, 4) is 0 Å². The molecule has 0 aromatic heterocycles. The molecule has 6 bridgehead atoms. The van der Waals surface area contributed by atoms with Gasteiger partial charge in [-0.15, -0.1) is 0 Å². The van der Waals surface area contributed by atoms with Crippen LogP contribution in [0.25, 0.3) is 0 Å². The number of guanidine groups is 1. The van der Waals surface area contributed by atoms with Crippen LogP contribution in [0.2, 0.25) is 0 Å². The number of allylic oxidation sites excluding steroid dienone is 2. The SMILES string of the molecule is C[C@]12CCSSC[C@]3(CCCC4=C5[C@H]6CC[C@@H](C[C@H]61)[C@@H](CCCCO)[C@@]52CC4=O)CCN=C(N)N3. The van der Waals surface area contributed by atoms with E-state index in [9.17, 15) is 9.90 Å². The van der Waals surface area contributed by atoms with E-state index in [1.807, 2.05) is 21.6 Å². The molecular weight excluding hydrogens is 474 g/mol. The lowest BCUT2D eigenvalue weighted by Crippen LogP contribution is -2.56. The Morgan fingerprint density at radius 2 is 2.09 bits per heavy atom. The average Bonchev–Trinajstić information content (AvgIpc) is 3.13. The largest absolute Gasteiger partial charge is 0.396 e. The summed E-state index contributed by atoms with van der Waals surface area (Å²) in [6, 6.07) is 0. The maximum absolute atomic E-state index is 13.9. The minimum absolute atomic E-state index is 0.00617. The van der Waals surface area contributed by atoms with Crippen molar-refractivity contribution in [3.63, 3.8) is 0 Å². The Labute approximate surface area is 218 Å². The Morgan fingerprint density at radius 1 is 1.20 bits per heavy atom. The molecule has 0 amide bonds. The highest BCUT2D eigenvalue weighted by molar-refractivity contribution is 8.76. The van der Waals surface area contributed by atoms with E-state index in [-0.39, 0.29) is 16.4 Å². The first-order valence-corrected chi connectivity index (χ1v) is 16.6. The number of hydrogen-bond acceptors (Lipinski definition) is 7. The molecule has 5 nitrogen and oxygen atoms in total. The van der Waals surface area contributed by atoms with Gasteiger partial charge in [-0.3, -0.25) is 9.79 Å². The number of aliphatic imine (C=N–C) groups is 1. The molecule has 0 aromatic carbocycles. The second kappa shape index (κ2) is 9.27. The van der Waals surface area contributed by atoms with Crippen molar-refractivity contribution in [2.75, 3.05) is 24.7 Å². The molecule has 4 aliphatic carbocycles. The molecule has 0 radical (unpaired) electrons. The zero-order valence-electron chi connectivity index (χ0n) is 21.3. The van der Waals surface area contributed by atoms with Gasteiger partial charge in [0, 0.05) is 36.5 Å². The van der Waals surface area contributed by atoms with Crippen LogP contribution in [-0.4, -0.2) is 47.0 Å². The molecule has 2 spiro atoms. The van der Waals surface area contributed by atoms with Gasteiger partial charge in [-0.05, 0) is 98.9 Å². The van der Waals surface area contributed by atoms with E-state index in [0.29, 0.717) is 30.2 Å². The zero-order chi connectivity index (χ0) is 24.3. The van der Waals surface area contributed by atoms with E-state index < -0.39 is 0 Å². The van der Waals surface area contributed by atoms with Crippen molar-refractivity contribution in [2.45, 2.75) is 89.5 Å². The number of hydrogen-bond donors (Lipinski definition) is 3. The van der Waals surface area contributed by atoms with E-state index in [4.69, 9.17) is 5.73 Å². The molecular formula is C28H43N3O2S2. The summed E-state index contributed by atoms with van der Waals surface area (Å²) in [5.41, 5.74) is 9.40. The van der Waals surface area contributed by atoms with Crippen molar-refractivity contribution in [1.82, 2.24) is 5.32 Å². The van der Waals surface area contributed by atoms with Gasteiger partial charge in [-0.1, -0.05) is 40.5 Å². The number of nitrogens with zero attached hydrogens (tertiary/aromatic N) is 1. The van der Waals surface area contributed by atoms with Crippen LogP contribution in [0.4, 0.5) is 0 Å². The van der Waals surface area contributed by atoms with Crippen molar-refractivity contribution < 1.29 is 9.90 Å². The normalized spacial score (nSPS) is 45.1. The van der Waals surface area contributed by atoms with Gasteiger partial charge in [0.2, 0.25) is 0 Å². The number of nitrogens with two attached hydrogens (primary N) is 1. The first-order chi connectivity index (χ1) is 16.9. The summed E-state index contributed by atoms with van der Waals surface area (Å²) in [5, 5.41) is 13.1. The average molecular weight is 518 g/mol. The number of aliphatic hydroxyl groups excluding tert-OH is 1. The summed E-state index contributed by atoms with van der Waals surface area (Å²) in [5.74, 6) is 6.11. The maximum atomic E-state index is 13.9. The van der Waals surface area contributed by atoms with Gasteiger partial charge in [-0.2, -0.15) is 0 Å². The van der Waals surface area contributed by atoms with E-state index in [1.54, 1.807) is 5.57 Å². The third-order valence-corrected chi connectivity index (χ3v) is 13.8. The van der Waals surface area contributed by atoms with Gasteiger partial charge in [0.15, 0.2) is 11.7 Å². The first-order valence-electron chi connectivity index (χ1n) is 14.1. The molecule has 6 aliphatic rings. The van der Waals surface area contributed by atoms with Gasteiger partial charge < -0.3 is 16.2 Å². The quantitative estimate of drug-likeness (QED) is 0.356. The fourth-order valence-electron chi connectivity index (χ4n) is 9.89.